The van der Waals surface area contributed by atoms with Gasteiger partial charge in [0, 0.05) is 24.7 Å². The maximum Gasteiger partial charge on any atom is 0.277 e. The van der Waals surface area contributed by atoms with E-state index in [0.717, 1.165) is 0 Å². The number of nitrogens with zero attached hydrogens (tertiary/aromatic N) is 1. The minimum Gasteiger partial charge on any atom is -0.394 e. The standard InChI is InChI=1S/C30H48N6O16/c31-6-13-19(39)20(40)16(34)28(46-13)51-24-14(7-37)47-30(22(24)42)52-26-18(38)10(32)5-11(33)23(26)49-29-17(35)21(41)25-15(48-29)8-45-27(50-25)9-3-1-2-4-12(9)36(43)44/h1-4,10-11,13-30,37-42H,5-8,31-35H2/t10-,11+,13+,14-,15-,16-,17-,18+,19-,20-,21-,22-,23-,24-,25-,26-,27-,28-,29-,30+/m1/s1. The SMILES string of the molecule is NC[C@@H]1O[C@H](O[C@H]2[C@@H](O)[C@H](O[C@@H]3[C@@H](O)[C@H](N)C[C@H](N)[C@H]3O[C@H]3O[C@@H]4CO[C@@H](c5ccccc5[N+](=O)[O-])O[C@H]4[C@H](O)[C@H]3N)O[C@@H]2CO)[C@H](N)[C@@H](O)[C@@H]1O. The smallest absolute Gasteiger partial charge is 0.277 e. The van der Waals surface area contributed by atoms with Crippen LogP contribution < -0.4 is 28.7 Å². The van der Waals surface area contributed by atoms with E-state index in [2.05, 4.69) is 0 Å². The average Bonchev–Trinajstić information content (AvgIpc) is 3.43. The lowest BCUT2D eigenvalue weighted by atomic mass is 9.84. The fourth-order valence-electron chi connectivity index (χ4n) is 7.22. The van der Waals surface area contributed by atoms with Crippen molar-refractivity contribution in [2.45, 2.75) is 129 Å². The summed E-state index contributed by atoms with van der Waals surface area (Å²) >= 11 is 0. The minimum atomic E-state index is -1.64. The van der Waals surface area contributed by atoms with Crippen LogP contribution in [0, 0.1) is 10.1 Å². The number of nitrogens with two attached hydrogens (primary N) is 5. The van der Waals surface area contributed by atoms with E-state index < -0.39 is 134 Å². The first-order valence-corrected chi connectivity index (χ1v) is 16.9. The van der Waals surface area contributed by atoms with Crippen molar-refractivity contribution in [2.75, 3.05) is 19.8 Å². The molecular weight excluding hydrogens is 700 g/mol. The summed E-state index contributed by atoms with van der Waals surface area (Å²) in [6.07, 6.45) is -21.1. The van der Waals surface area contributed by atoms with Gasteiger partial charge in [0.25, 0.3) is 5.69 Å². The number of hydrogen-bond acceptors (Lipinski definition) is 21. The Morgan fingerprint density at radius 1 is 0.750 bits per heavy atom. The number of ether oxygens (including phenoxy) is 8. The first-order chi connectivity index (χ1) is 24.7. The predicted octanol–water partition coefficient (Wildman–Crippen LogP) is -6.19. The molecule has 6 rings (SSSR count). The van der Waals surface area contributed by atoms with Crippen molar-refractivity contribution in [3.8, 4) is 0 Å². The van der Waals surface area contributed by atoms with Gasteiger partial charge in [-0.05, 0) is 12.5 Å². The van der Waals surface area contributed by atoms with E-state index in [1.165, 1.54) is 18.2 Å². The number of benzene rings is 1. The maximum absolute atomic E-state index is 11.6. The molecule has 52 heavy (non-hydrogen) atoms. The number of nitro groups is 1. The molecule has 22 heteroatoms. The van der Waals surface area contributed by atoms with Crippen LogP contribution >= 0.6 is 0 Å². The number of hydrogen-bond donors (Lipinski definition) is 11. The van der Waals surface area contributed by atoms with E-state index in [1.54, 1.807) is 6.07 Å². The normalized spacial score (nSPS) is 48.3. The van der Waals surface area contributed by atoms with Crippen LogP contribution in [0.15, 0.2) is 24.3 Å². The number of para-hydroxylation sites is 1. The van der Waals surface area contributed by atoms with Gasteiger partial charge in [-0.25, -0.2) is 0 Å². The van der Waals surface area contributed by atoms with E-state index in [0.29, 0.717) is 0 Å². The lowest BCUT2D eigenvalue weighted by Crippen LogP contribution is -2.69. The second kappa shape index (κ2) is 16.3. The summed E-state index contributed by atoms with van der Waals surface area (Å²) in [5, 5.41) is 75.9. The van der Waals surface area contributed by atoms with Crippen LogP contribution in [0.1, 0.15) is 18.3 Å². The molecule has 1 aliphatic carbocycles. The van der Waals surface area contributed by atoms with E-state index in [9.17, 15) is 40.8 Å². The van der Waals surface area contributed by atoms with Crippen molar-refractivity contribution in [1.29, 1.82) is 0 Å². The van der Waals surface area contributed by atoms with Gasteiger partial charge in [0.15, 0.2) is 25.2 Å². The highest BCUT2D eigenvalue weighted by atomic mass is 16.8. The number of aliphatic hydroxyl groups excluding tert-OH is 6. The van der Waals surface area contributed by atoms with E-state index in [4.69, 9.17) is 66.6 Å². The molecule has 0 amide bonds. The third-order valence-electron chi connectivity index (χ3n) is 10.2. The summed E-state index contributed by atoms with van der Waals surface area (Å²) in [6, 6.07) is 1.51. The van der Waals surface area contributed by atoms with Gasteiger partial charge < -0.3 is 97.2 Å². The molecule has 22 nitrogen and oxygen atoms in total. The summed E-state index contributed by atoms with van der Waals surface area (Å²) in [7, 11) is 0. The van der Waals surface area contributed by atoms with Crippen LogP contribution in [0.4, 0.5) is 5.69 Å². The van der Waals surface area contributed by atoms with Gasteiger partial charge in [0.05, 0.1) is 41.9 Å². The molecule has 1 aromatic carbocycles. The molecule has 5 fully saturated rings. The third kappa shape index (κ3) is 7.57. The molecule has 16 N–H and O–H groups in total. The Morgan fingerprint density at radius 3 is 2.08 bits per heavy atom. The molecule has 0 spiro atoms. The second-order valence-electron chi connectivity index (χ2n) is 13.6. The first-order valence-electron chi connectivity index (χ1n) is 16.9. The fraction of sp³-hybridized carbons (Fsp3) is 0.800. The van der Waals surface area contributed by atoms with Crippen LogP contribution in [-0.4, -0.2) is 172 Å². The van der Waals surface area contributed by atoms with Gasteiger partial charge in [-0.1, -0.05) is 12.1 Å². The van der Waals surface area contributed by atoms with Crippen molar-refractivity contribution < 1.29 is 73.5 Å². The molecule has 4 heterocycles. The lowest BCUT2D eigenvalue weighted by molar-refractivity contribution is -0.390. The van der Waals surface area contributed by atoms with Gasteiger partial charge >= 0.3 is 0 Å². The molecule has 294 valence electrons. The Kier molecular flexibility index (Phi) is 12.4. The topological polar surface area (TPSA) is 368 Å². The summed E-state index contributed by atoms with van der Waals surface area (Å²) in [4.78, 5) is 11.0. The zero-order valence-electron chi connectivity index (χ0n) is 27.8. The fourth-order valence-corrected chi connectivity index (χ4v) is 7.22. The van der Waals surface area contributed by atoms with Crippen molar-refractivity contribution in [3.63, 3.8) is 0 Å². The minimum absolute atomic E-state index is 0.0541. The van der Waals surface area contributed by atoms with E-state index in [-0.39, 0.29) is 30.8 Å². The van der Waals surface area contributed by atoms with Gasteiger partial charge in [-0.3, -0.25) is 10.1 Å². The second-order valence-corrected chi connectivity index (χ2v) is 13.6. The molecule has 0 bridgehead atoms. The largest absolute Gasteiger partial charge is 0.394 e. The lowest BCUT2D eigenvalue weighted by Gasteiger charge is -2.49. The highest BCUT2D eigenvalue weighted by Crippen LogP contribution is 2.39. The monoisotopic (exact) mass is 748 g/mol. The number of fused-ring (bicyclic) bond motifs is 1. The molecule has 4 aliphatic heterocycles. The number of nitro benzene ring substituents is 1. The van der Waals surface area contributed by atoms with E-state index >= 15 is 0 Å². The Bertz CT molecular complexity index is 1370. The molecule has 1 aromatic rings. The summed E-state index contributed by atoms with van der Waals surface area (Å²) in [5.41, 5.74) is 30.5. The maximum atomic E-state index is 11.6. The molecule has 20 atom stereocenters. The Balaban J connectivity index is 1.14. The number of aliphatic hydroxyl groups is 6. The highest BCUT2D eigenvalue weighted by molar-refractivity contribution is 5.40. The van der Waals surface area contributed by atoms with Crippen molar-refractivity contribution in [2.24, 2.45) is 28.7 Å². The van der Waals surface area contributed by atoms with Crippen molar-refractivity contribution in [3.05, 3.63) is 39.9 Å². The van der Waals surface area contributed by atoms with Gasteiger partial charge in [-0.15, -0.1) is 0 Å². The van der Waals surface area contributed by atoms with Crippen LogP contribution in [0.25, 0.3) is 0 Å². The Hall–Kier alpha value is -2.14. The van der Waals surface area contributed by atoms with Gasteiger partial charge in [-0.2, -0.15) is 0 Å². The van der Waals surface area contributed by atoms with Gasteiger partial charge in [0.1, 0.15) is 67.1 Å². The Morgan fingerprint density at radius 2 is 1.38 bits per heavy atom. The molecule has 1 saturated carbocycles. The first kappa shape index (κ1) is 39.6. The third-order valence-corrected chi connectivity index (χ3v) is 10.2. The summed E-state index contributed by atoms with van der Waals surface area (Å²) in [6.45, 7) is -1.02. The average molecular weight is 749 g/mol. The van der Waals surface area contributed by atoms with Crippen molar-refractivity contribution in [1.82, 2.24) is 0 Å². The van der Waals surface area contributed by atoms with Crippen LogP contribution in [-0.2, 0) is 37.9 Å². The highest BCUT2D eigenvalue weighted by Gasteiger charge is 2.55. The van der Waals surface area contributed by atoms with Crippen LogP contribution in [0.3, 0.4) is 0 Å². The van der Waals surface area contributed by atoms with Crippen LogP contribution in [0.2, 0.25) is 0 Å². The zero-order valence-corrected chi connectivity index (χ0v) is 27.8. The summed E-state index contributed by atoms with van der Waals surface area (Å²) < 4.78 is 47.1. The molecule has 4 saturated heterocycles. The zero-order chi connectivity index (χ0) is 37.6. The molecule has 0 aromatic heterocycles. The summed E-state index contributed by atoms with van der Waals surface area (Å²) in [5.74, 6) is 0. The van der Waals surface area contributed by atoms with Crippen molar-refractivity contribution >= 4 is 5.69 Å². The quantitative estimate of drug-likeness (QED) is 0.0783. The molecular formula is C30H48N6O16. The van der Waals surface area contributed by atoms with Gasteiger partial charge in [0.2, 0.25) is 0 Å². The van der Waals surface area contributed by atoms with Crippen LogP contribution in [0.5, 0.6) is 0 Å². The predicted molar refractivity (Wildman–Crippen MR) is 170 cm³/mol. The molecule has 5 aliphatic rings. The Labute approximate surface area is 296 Å². The number of rotatable bonds is 10. The molecule has 0 unspecified atom stereocenters. The van der Waals surface area contributed by atoms with E-state index in [1.807, 2.05) is 0 Å². The molecule has 0 radical (unpaired) electrons.